The Balaban J connectivity index is 1.56. The maximum absolute atomic E-state index is 13.5. The smallest absolute Gasteiger partial charge is 0.272 e. The van der Waals surface area contributed by atoms with Gasteiger partial charge in [-0.25, -0.2) is 4.39 Å². The number of benzene rings is 2. The molecule has 1 aromatic heterocycles. The zero-order valence-corrected chi connectivity index (χ0v) is 16.2. The van der Waals surface area contributed by atoms with Crippen LogP contribution in [-0.2, 0) is 11.8 Å². The summed E-state index contributed by atoms with van der Waals surface area (Å²) in [5.41, 5.74) is 4.99. The average Bonchev–Trinajstić information content (AvgIpc) is 3.05. The van der Waals surface area contributed by atoms with E-state index in [4.69, 9.17) is 11.6 Å². The van der Waals surface area contributed by atoms with Crippen LogP contribution in [-0.4, -0.2) is 32.3 Å². The van der Waals surface area contributed by atoms with Crippen molar-refractivity contribution in [2.45, 2.75) is 5.16 Å². The number of halogens is 2. The second-order valence-electron chi connectivity index (χ2n) is 5.62. The molecule has 3 aromatic rings. The van der Waals surface area contributed by atoms with Gasteiger partial charge in [0.25, 0.3) is 5.91 Å². The van der Waals surface area contributed by atoms with Gasteiger partial charge in [-0.1, -0.05) is 47.6 Å². The molecule has 0 aliphatic carbocycles. The van der Waals surface area contributed by atoms with Crippen molar-refractivity contribution in [2.24, 2.45) is 7.05 Å². The number of nitrogens with zero attached hydrogens (tertiary/aromatic N) is 3. The fourth-order valence-corrected chi connectivity index (χ4v) is 3.25. The topological polar surface area (TPSA) is 88.9 Å². The minimum Gasteiger partial charge on any atom is -0.305 e. The minimum absolute atomic E-state index is 0.0218. The number of rotatable bonds is 5. The van der Waals surface area contributed by atoms with Gasteiger partial charge in [-0.15, -0.1) is 10.2 Å². The van der Waals surface area contributed by atoms with Gasteiger partial charge in [-0.05, 0) is 24.3 Å². The molecule has 0 spiro atoms. The average molecular weight is 420 g/mol. The molecule has 2 amide bonds. The molecule has 0 radical (unpaired) electrons. The summed E-state index contributed by atoms with van der Waals surface area (Å²) in [6.45, 7) is 0. The number of hydrogen-bond donors (Lipinski definition) is 2. The Morgan fingerprint density at radius 2 is 1.82 bits per heavy atom. The number of carbonyl (C=O) groups is 2. The summed E-state index contributed by atoms with van der Waals surface area (Å²) >= 11 is 7.32. The normalized spacial score (nSPS) is 10.5. The first-order valence-corrected chi connectivity index (χ1v) is 9.44. The van der Waals surface area contributed by atoms with E-state index in [2.05, 4.69) is 21.0 Å². The van der Waals surface area contributed by atoms with Crippen molar-refractivity contribution in [1.82, 2.24) is 25.6 Å². The minimum atomic E-state index is -0.740. The Morgan fingerprint density at radius 1 is 1.11 bits per heavy atom. The van der Waals surface area contributed by atoms with Crippen molar-refractivity contribution in [3.63, 3.8) is 0 Å². The molecule has 0 atom stereocenters. The Hall–Kier alpha value is -2.91. The van der Waals surface area contributed by atoms with Crippen LogP contribution < -0.4 is 10.9 Å². The molecule has 3 rings (SSSR count). The first kappa shape index (κ1) is 19.8. The third-order valence-electron chi connectivity index (χ3n) is 3.72. The van der Waals surface area contributed by atoms with Crippen molar-refractivity contribution in [2.75, 3.05) is 5.75 Å². The molecule has 0 bridgehead atoms. The lowest BCUT2D eigenvalue weighted by Crippen LogP contribution is -2.42. The zero-order valence-electron chi connectivity index (χ0n) is 14.6. The molecule has 0 unspecified atom stereocenters. The van der Waals surface area contributed by atoms with Crippen LogP contribution >= 0.6 is 23.4 Å². The molecule has 10 heteroatoms. The monoisotopic (exact) mass is 419 g/mol. The molecule has 144 valence electrons. The van der Waals surface area contributed by atoms with E-state index in [1.165, 1.54) is 18.2 Å². The molecule has 0 aliphatic rings. The number of thioether (sulfide) groups is 1. The van der Waals surface area contributed by atoms with Gasteiger partial charge in [-0.2, -0.15) is 0 Å². The summed E-state index contributed by atoms with van der Waals surface area (Å²) in [6.07, 6.45) is 0. The Morgan fingerprint density at radius 3 is 2.57 bits per heavy atom. The van der Waals surface area contributed by atoms with Crippen molar-refractivity contribution >= 4 is 35.2 Å². The fourth-order valence-electron chi connectivity index (χ4n) is 2.32. The third-order valence-corrected chi connectivity index (χ3v) is 5.07. The molecule has 7 nitrogen and oxygen atoms in total. The van der Waals surface area contributed by atoms with Crippen molar-refractivity contribution in [3.05, 3.63) is 64.9 Å². The summed E-state index contributed by atoms with van der Waals surface area (Å²) < 4.78 is 15.3. The van der Waals surface area contributed by atoms with Gasteiger partial charge in [0, 0.05) is 12.6 Å². The van der Waals surface area contributed by atoms with Crippen LogP contribution in [0.3, 0.4) is 0 Å². The highest BCUT2D eigenvalue weighted by Gasteiger charge is 2.16. The van der Waals surface area contributed by atoms with Crippen LogP contribution in [0.1, 0.15) is 10.4 Å². The lowest BCUT2D eigenvalue weighted by Gasteiger charge is -2.08. The fraction of sp³-hybridized carbons (Fsp3) is 0.111. The molecular weight excluding hydrogens is 405 g/mol. The van der Waals surface area contributed by atoms with Crippen LogP contribution in [0.2, 0.25) is 5.02 Å². The van der Waals surface area contributed by atoms with Gasteiger partial charge in [0.1, 0.15) is 5.82 Å². The highest BCUT2D eigenvalue weighted by atomic mass is 35.5. The lowest BCUT2D eigenvalue weighted by atomic mass is 10.2. The van der Waals surface area contributed by atoms with Crippen molar-refractivity contribution < 1.29 is 14.0 Å². The molecular formula is C18H15ClFN5O2S. The standard InChI is InChI=1S/C18H15ClFN5O2S/c1-25-16(11-6-2-4-8-13(11)19)22-24-18(25)28-10-15(26)21-23-17(27)12-7-3-5-9-14(12)20/h2-9H,10H2,1H3,(H,21,26)(H,23,27). The first-order valence-electron chi connectivity index (χ1n) is 8.08. The third kappa shape index (κ3) is 4.49. The van der Waals surface area contributed by atoms with Crippen LogP contribution in [0.25, 0.3) is 11.4 Å². The van der Waals surface area contributed by atoms with Gasteiger partial charge in [-0.3, -0.25) is 20.4 Å². The van der Waals surface area contributed by atoms with E-state index in [0.29, 0.717) is 16.0 Å². The predicted molar refractivity (Wildman–Crippen MR) is 104 cm³/mol. The zero-order chi connectivity index (χ0) is 20.1. The van der Waals surface area contributed by atoms with Crippen molar-refractivity contribution in [1.29, 1.82) is 0 Å². The van der Waals surface area contributed by atoms with Crippen LogP contribution in [0.15, 0.2) is 53.7 Å². The number of nitrogens with one attached hydrogen (secondary N) is 2. The van der Waals surface area contributed by atoms with E-state index in [1.807, 2.05) is 18.2 Å². The Kier molecular flexibility index (Phi) is 6.27. The predicted octanol–water partition coefficient (Wildman–Crippen LogP) is 2.83. The molecule has 0 saturated carbocycles. The summed E-state index contributed by atoms with van der Waals surface area (Å²) in [5, 5.41) is 9.22. The number of amides is 2. The maximum atomic E-state index is 13.5. The quantitative estimate of drug-likeness (QED) is 0.490. The van der Waals surface area contributed by atoms with E-state index in [9.17, 15) is 14.0 Å². The molecule has 0 aliphatic heterocycles. The summed E-state index contributed by atoms with van der Waals surface area (Å²) in [5.74, 6) is -1.34. The lowest BCUT2D eigenvalue weighted by molar-refractivity contribution is -0.119. The van der Waals surface area contributed by atoms with Gasteiger partial charge >= 0.3 is 0 Å². The summed E-state index contributed by atoms with van der Waals surface area (Å²) in [7, 11) is 1.76. The highest BCUT2D eigenvalue weighted by Crippen LogP contribution is 2.28. The molecule has 1 heterocycles. The Bertz CT molecular complexity index is 1030. The second-order valence-corrected chi connectivity index (χ2v) is 6.97. The van der Waals surface area contributed by atoms with Gasteiger partial charge < -0.3 is 4.57 Å². The van der Waals surface area contributed by atoms with E-state index < -0.39 is 17.6 Å². The first-order chi connectivity index (χ1) is 13.5. The number of hydrazine groups is 1. The van der Waals surface area contributed by atoms with Gasteiger partial charge in [0.15, 0.2) is 11.0 Å². The van der Waals surface area contributed by atoms with Crippen LogP contribution in [0.4, 0.5) is 4.39 Å². The summed E-state index contributed by atoms with van der Waals surface area (Å²) in [6, 6.07) is 12.7. The largest absolute Gasteiger partial charge is 0.305 e. The summed E-state index contributed by atoms with van der Waals surface area (Å²) in [4.78, 5) is 23.8. The van der Waals surface area contributed by atoms with E-state index in [-0.39, 0.29) is 11.3 Å². The van der Waals surface area contributed by atoms with Crippen LogP contribution in [0, 0.1) is 5.82 Å². The second kappa shape index (κ2) is 8.85. The van der Waals surface area contributed by atoms with Gasteiger partial charge in [0.05, 0.1) is 16.3 Å². The SMILES string of the molecule is Cn1c(SCC(=O)NNC(=O)c2ccccc2F)nnc1-c1ccccc1Cl. The molecule has 0 fully saturated rings. The Labute approximate surface area is 169 Å². The van der Waals surface area contributed by atoms with Gasteiger partial charge in [0.2, 0.25) is 5.91 Å². The van der Waals surface area contributed by atoms with Crippen LogP contribution in [0.5, 0.6) is 0 Å². The number of hydrogen-bond acceptors (Lipinski definition) is 5. The molecule has 2 aromatic carbocycles. The number of aromatic nitrogens is 3. The van der Waals surface area contributed by atoms with E-state index in [1.54, 1.807) is 17.7 Å². The molecule has 2 N–H and O–H groups in total. The maximum Gasteiger partial charge on any atom is 0.272 e. The highest BCUT2D eigenvalue weighted by molar-refractivity contribution is 7.99. The molecule has 0 saturated heterocycles. The van der Waals surface area contributed by atoms with Crippen molar-refractivity contribution in [3.8, 4) is 11.4 Å². The van der Waals surface area contributed by atoms with E-state index in [0.717, 1.165) is 23.4 Å². The van der Waals surface area contributed by atoms with E-state index >= 15 is 0 Å². The molecule has 28 heavy (non-hydrogen) atoms. The number of carbonyl (C=O) groups excluding carboxylic acids is 2.